The first-order valence-corrected chi connectivity index (χ1v) is 6.61. The number of benzene rings is 1. The minimum absolute atomic E-state index is 0.0212. The van der Waals surface area contributed by atoms with E-state index in [1.165, 1.54) is 21.9 Å². The lowest BCUT2D eigenvalue weighted by atomic mass is 10.1. The number of carbonyl (C=O) groups is 2. The van der Waals surface area contributed by atoms with Crippen molar-refractivity contribution in [2.75, 3.05) is 25.4 Å². The molecule has 2 N–H and O–H groups in total. The van der Waals surface area contributed by atoms with Crippen molar-refractivity contribution >= 4 is 17.5 Å². The molecule has 6 heteroatoms. The second kappa shape index (κ2) is 5.90. The van der Waals surface area contributed by atoms with E-state index >= 15 is 0 Å². The van der Waals surface area contributed by atoms with Crippen LogP contribution >= 0.6 is 0 Å². The Kier molecular flexibility index (Phi) is 4.22. The van der Waals surface area contributed by atoms with Gasteiger partial charge in [0.15, 0.2) is 0 Å². The van der Waals surface area contributed by atoms with E-state index in [9.17, 15) is 14.0 Å². The summed E-state index contributed by atoms with van der Waals surface area (Å²) in [5, 5.41) is 0. The Bertz CT molecular complexity index is 513. The van der Waals surface area contributed by atoms with E-state index in [-0.39, 0.29) is 37.0 Å². The normalized spacial score (nSPS) is 15.9. The zero-order valence-electron chi connectivity index (χ0n) is 11.4. The molecule has 5 nitrogen and oxygen atoms in total. The molecular weight excluding hydrogens is 261 g/mol. The Morgan fingerprint density at radius 2 is 1.85 bits per heavy atom. The molecule has 0 atom stereocenters. The molecule has 1 aromatic rings. The van der Waals surface area contributed by atoms with Gasteiger partial charge in [-0.15, -0.1) is 0 Å². The van der Waals surface area contributed by atoms with E-state index in [1.54, 1.807) is 6.07 Å². The summed E-state index contributed by atoms with van der Waals surface area (Å²) in [6, 6.07) is 4.39. The van der Waals surface area contributed by atoms with E-state index in [0.717, 1.165) is 6.42 Å². The lowest BCUT2D eigenvalue weighted by molar-refractivity contribution is -0.150. The molecule has 108 valence electrons. The van der Waals surface area contributed by atoms with Gasteiger partial charge in [-0.1, -0.05) is 13.0 Å². The van der Waals surface area contributed by atoms with E-state index in [4.69, 9.17) is 5.73 Å². The lowest BCUT2D eigenvalue weighted by Gasteiger charge is -2.34. The molecule has 0 spiro atoms. The van der Waals surface area contributed by atoms with Crippen molar-refractivity contribution in [3.63, 3.8) is 0 Å². The number of carbonyl (C=O) groups excluding carboxylic acids is 2. The van der Waals surface area contributed by atoms with E-state index < -0.39 is 5.82 Å². The van der Waals surface area contributed by atoms with Crippen LogP contribution in [0.5, 0.6) is 0 Å². The highest BCUT2D eigenvalue weighted by Crippen LogP contribution is 2.19. The SMILES string of the molecule is CCCN1CC(=O)N(Cc2c(N)cccc2F)CC1=O. The second-order valence-electron chi connectivity index (χ2n) is 4.87. The first-order valence-electron chi connectivity index (χ1n) is 6.61. The van der Waals surface area contributed by atoms with Gasteiger partial charge in [0.05, 0.1) is 13.1 Å². The third kappa shape index (κ3) is 2.89. The van der Waals surface area contributed by atoms with Crippen molar-refractivity contribution in [1.29, 1.82) is 0 Å². The largest absolute Gasteiger partial charge is 0.398 e. The molecule has 20 heavy (non-hydrogen) atoms. The molecule has 0 bridgehead atoms. The molecule has 1 heterocycles. The van der Waals surface area contributed by atoms with Crippen LogP contribution in [-0.2, 0) is 16.1 Å². The number of anilines is 1. The number of hydrogen-bond acceptors (Lipinski definition) is 3. The van der Waals surface area contributed by atoms with E-state index in [0.29, 0.717) is 12.2 Å². The van der Waals surface area contributed by atoms with Crippen molar-refractivity contribution < 1.29 is 14.0 Å². The number of halogens is 1. The van der Waals surface area contributed by atoms with Crippen LogP contribution in [0.25, 0.3) is 0 Å². The Labute approximate surface area is 117 Å². The minimum Gasteiger partial charge on any atom is -0.398 e. The Morgan fingerprint density at radius 1 is 1.20 bits per heavy atom. The van der Waals surface area contributed by atoms with Gasteiger partial charge in [-0.3, -0.25) is 9.59 Å². The molecule has 1 fully saturated rings. The fourth-order valence-corrected chi connectivity index (χ4v) is 2.25. The van der Waals surface area contributed by atoms with Crippen LogP contribution in [0.15, 0.2) is 18.2 Å². The van der Waals surface area contributed by atoms with E-state index in [1.807, 2.05) is 6.92 Å². The highest BCUT2D eigenvalue weighted by Gasteiger charge is 2.30. The standard InChI is InChI=1S/C14H18FN3O2/c1-2-6-17-8-14(20)18(9-13(17)19)7-10-11(15)4-3-5-12(10)16/h3-5H,2,6-9,16H2,1H3. The topological polar surface area (TPSA) is 66.6 Å². The summed E-state index contributed by atoms with van der Waals surface area (Å²) in [6.07, 6.45) is 0.805. The summed E-state index contributed by atoms with van der Waals surface area (Å²) in [5.74, 6) is -0.747. The van der Waals surface area contributed by atoms with Gasteiger partial charge in [0.2, 0.25) is 11.8 Å². The number of nitrogens with zero attached hydrogens (tertiary/aromatic N) is 2. The van der Waals surface area contributed by atoms with Crippen LogP contribution < -0.4 is 5.73 Å². The molecule has 2 rings (SSSR count). The Hall–Kier alpha value is -2.11. The number of piperazine rings is 1. The number of amides is 2. The van der Waals surface area contributed by atoms with Crippen molar-refractivity contribution in [3.8, 4) is 0 Å². The summed E-state index contributed by atoms with van der Waals surface area (Å²) in [6.45, 7) is 2.58. The van der Waals surface area contributed by atoms with Crippen LogP contribution in [-0.4, -0.2) is 41.2 Å². The third-order valence-electron chi connectivity index (χ3n) is 3.36. The monoisotopic (exact) mass is 279 g/mol. The minimum atomic E-state index is -0.457. The quantitative estimate of drug-likeness (QED) is 0.836. The maximum Gasteiger partial charge on any atom is 0.242 e. The lowest BCUT2D eigenvalue weighted by Crippen LogP contribution is -2.53. The molecule has 2 amide bonds. The van der Waals surface area contributed by atoms with Crippen LogP contribution in [0, 0.1) is 5.82 Å². The predicted molar refractivity (Wildman–Crippen MR) is 73.1 cm³/mol. The van der Waals surface area contributed by atoms with Gasteiger partial charge in [0, 0.05) is 17.8 Å². The van der Waals surface area contributed by atoms with Crippen molar-refractivity contribution in [3.05, 3.63) is 29.6 Å². The van der Waals surface area contributed by atoms with Gasteiger partial charge in [-0.25, -0.2) is 4.39 Å². The summed E-state index contributed by atoms with van der Waals surface area (Å²) in [5.41, 5.74) is 6.27. The molecule has 0 unspecified atom stereocenters. The van der Waals surface area contributed by atoms with Gasteiger partial charge in [0.25, 0.3) is 0 Å². The number of nitrogens with two attached hydrogens (primary N) is 1. The van der Waals surface area contributed by atoms with Gasteiger partial charge in [-0.05, 0) is 18.6 Å². The zero-order chi connectivity index (χ0) is 14.7. The number of hydrogen-bond donors (Lipinski definition) is 1. The van der Waals surface area contributed by atoms with E-state index in [2.05, 4.69) is 0 Å². The van der Waals surface area contributed by atoms with Crippen LogP contribution in [0.1, 0.15) is 18.9 Å². The van der Waals surface area contributed by atoms with Crippen molar-refractivity contribution in [2.45, 2.75) is 19.9 Å². The average molecular weight is 279 g/mol. The number of rotatable bonds is 4. The number of nitrogen functional groups attached to an aromatic ring is 1. The average Bonchev–Trinajstić information content (AvgIpc) is 2.39. The summed E-state index contributed by atoms with van der Waals surface area (Å²) < 4.78 is 13.7. The van der Waals surface area contributed by atoms with Gasteiger partial charge >= 0.3 is 0 Å². The fourth-order valence-electron chi connectivity index (χ4n) is 2.25. The molecule has 0 radical (unpaired) electrons. The first-order chi connectivity index (χ1) is 9.52. The highest BCUT2D eigenvalue weighted by molar-refractivity contribution is 5.92. The predicted octanol–water partition coefficient (Wildman–Crippen LogP) is 0.989. The third-order valence-corrected chi connectivity index (χ3v) is 3.36. The van der Waals surface area contributed by atoms with Gasteiger partial charge in [0.1, 0.15) is 12.4 Å². The molecule has 1 saturated heterocycles. The highest BCUT2D eigenvalue weighted by atomic mass is 19.1. The molecule has 1 aromatic carbocycles. The Balaban J connectivity index is 2.11. The maximum atomic E-state index is 13.7. The smallest absolute Gasteiger partial charge is 0.242 e. The molecule has 0 aliphatic carbocycles. The summed E-state index contributed by atoms with van der Waals surface area (Å²) in [4.78, 5) is 26.8. The van der Waals surface area contributed by atoms with Gasteiger partial charge in [-0.2, -0.15) is 0 Å². The van der Waals surface area contributed by atoms with Crippen LogP contribution in [0.3, 0.4) is 0 Å². The summed E-state index contributed by atoms with van der Waals surface area (Å²) in [7, 11) is 0. The first kappa shape index (κ1) is 14.3. The van der Waals surface area contributed by atoms with Gasteiger partial charge < -0.3 is 15.5 Å². The zero-order valence-corrected chi connectivity index (χ0v) is 11.4. The molecule has 0 aromatic heterocycles. The molecule has 1 aliphatic heterocycles. The Morgan fingerprint density at radius 3 is 2.50 bits per heavy atom. The fraction of sp³-hybridized carbons (Fsp3) is 0.429. The second-order valence-corrected chi connectivity index (χ2v) is 4.87. The molecular formula is C14H18FN3O2. The molecule has 1 aliphatic rings. The van der Waals surface area contributed by atoms with Crippen LogP contribution in [0.2, 0.25) is 0 Å². The van der Waals surface area contributed by atoms with Crippen molar-refractivity contribution in [2.24, 2.45) is 0 Å². The molecule has 0 saturated carbocycles. The maximum absolute atomic E-state index is 13.7. The van der Waals surface area contributed by atoms with Crippen LogP contribution in [0.4, 0.5) is 10.1 Å². The summed E-state index contributed by atoms with van der Waals surface area (Å²) >= 11 is 0. The van der Waals surface area contributed by atoms with Crippen molar-refractivity contribution in [1.82, 2.24) is 9.80 Å².